The highest BCUT2D eigenvalue weighted by molar-refractivity contribution is 5.29. The Hall–Kier alpha value is -1.40. The molecule has 0 saturated carbocycles. The monoisotopic (exact) mass is 206 g/mol. The van der Waals surface area contributed by atoms with Crippen molar-refractivity contribution in [3.05, 3.63) is 35.1 Å². The van der Waals surface area contributed by atoms with Crippen LogP contribution in [0.3, 0.4) is 0 Å². The topological polar surface area (TPSA) is 35.8 Å². The summed E-state index contributed by atoms with van der Waals surface area (Å²) < 4.78 is 13.3. The zero-order valence-electron chi connectivity index (χ0n) is 9.21. The van der Waals surface area contributed by atoms with Crippen LogP contribution in [0.4, 0.5) is 4.39 Å². The lowest BCUT2D eigenvalue weighted by Crippen LogP contribution is -2.27. The van der Waals surface area contributed by atoms with Crippen molar-refractivity contribution >= 4 is 0 Å². The van der Waals surface area contributed by atoms with Crippen LogP contribution < -0.4 is 5.32 Å². The highest BCUT2D eigenvalue weighted by Gasteiger charge is 2.12. The number of halogens is 1. The first kappa shape index (κ1) is 11.7. The molecule has 0 heterocycles. The summed E-state index contributed by atoms with van der Waals surface area (Å²) in [5, 5.41) is 12.0. The van der Waals surface area contributed by atoms with Crippen LogP contribution in [0.2, 0.25) is 0 Å². The standard InChI is InChI=1S/C12H15FN2/c1-8(2)15-12(7-14)10-5-4-9(3)11(13)6-10/h4-6,8,12,15H,1-3H3. The molecule has 0 aliphatic rings. The van der Waals surface area contributed by atoms with E-state index in [1.807, 2.05) is 13.8 Å². The van der Waals surface area contributed by atoms with Gasteiger partial charge in [-0.15, -0.1) is 0 Å². The lowest BCUT2D eigenvalue weighted by atomic mass is 10.1. The van der Waals surface area contributed by atoms with E-state index in [1.165, 1.54) is 6.07 Å². The number of hydrogen-bond acceptors (Lipinski definition) is 2. The fourth-order valence-corrected chi connectivity index (χ4v) is 1.33. The van der Waals surface area contributed by atoms with Crippen LogP contribution in [-0.4, -0.2) is 6.04 Å². The fourth-order valence-electron chi connectivity index (χ4n) is 1.33. The predicted octanol–water partition coefficient (Wildman–Crippen LogP) is 2.70. The second-order valence-corrected chi connectivity index (χ2v) is 3.89. The summed E-state index contributed by atoms with van der Waals surface area (Å²) in [6.45, 7) is 5.61. The van der Waals surface area contributed by atoms with Gasteiger partial charge >= 0.3 is 0 Å². The summed E-state index contributed by atoms with van der Waals surface area (Å²) in [5.74, 6) is -0.265. The second-order valence-electron chi connectivity index (χ2n) is 3.89. The Morgan fingerprint density at radius 2 is 2.07 bits per heavy atom. The Morgan fingerprint density at radius 1 is 1.40 bits per heavy atom. The van der Waals surface area contributed by atoms with Gasteiger partial charge in [-0.3, -0.25) is 5.32 Å². The van der Waals surface area contributed by atoms with Gasteiger partial charge in [0.15, 0.2) is 0 Å². The zero-order chi connectivity index (χ0) is 11.4. The lowest BCUT2D eigenvalue weighted by Gasteiger charge is -2.15. The molecular weight excluding hydrogens is 191 g/mol. The molecule has 1 unspecified atom stereocenters. The van der Waals surface area contributed by atoms with Gasteiger partial charge in [-0.05, 0) is 38.0 Å². The van der Waals surface area contributed by atoms with Crippen molar-refractivity contribution in [3.8, 4) is 6.07 Å². The van der Waals surface area contributed by atoms with E-state index in [0.29, 0.717) is 11.1 Å². The highest BCUT2D eigenvalue weighted by Crippen LogP contribution is 2.16. The molecule has 0 spiro atoms. The first-order valence-corrected chi connectivity index (χ1v) is 4.96. The van der Waals surface area contributed by atoms with Gasteiger partial charge in [0.25, 0.3) is 0 Å². The smallest absolute Gasteiger partial charge is 0.126 e. The third-order valence-corrected chi connectivity index (χ3v) is 2.16. The summed E-state index contributed by atoms with van der Waals surface area (Å²) >= 11 is 0. The second kappa shape index (κ2) is 4.90. The molecule has 0 aliphatic heterocycles. The van der Waals surface area contributed by atoms with Crippen LogP contribution in [0.1, 0.15) is 31.0 Å². The van der Waals surface area contributed by atoms with E-state index in [1.54, 1.807) is 19.1 Å². The first-order valence-electron chi connectivity index (χ1n) is 4.96. The van der Waals surface area contributed by atoms with Crippen molar-refractivity contribution < 1.29 is 4.39 Å². The van der Waals surface area contributed by atoms with Gasteiger partial charge in [0.05, 0.1) is 6.07 Å². The Morgan fingerprint density at radius 3 is 2.53 bits per heavy atom. The molecule has 2 nitrogen and oxygen atoms in total. The van der Waals surface area contributed by atoms with Crippen molar-refractivity contribution in [2.45, 2.75) is 32.9 Å². The number of nitrogens with one attached hydrogen (secondary N) is 1. The molecule has 0 aliphatic carbocycles. The molecule has 80 valence electrons. The average molecular weight is 206 g/mol. The predicted molar refractivity (Wildman–Crippen MR) is 57.8 cm³/mol. The number of hydrogen-bond donors (Lipinski definition) is 1. The number of benzene rings is 1. The molecule has 1 rings (SSSR count). The number of nitrogens with zero attached hydrogens (tertiary/aromatic N) is 1. The molecule has 1 atom stereocenters. The number of nitriles is 1. The molecule has 0 radical (unpaired) electrons. The van der Waals surface area contributed by atoms with E-state index in [4.69, 9.17) is 5.26 Å². The van der Waals surface area contributed by atoms with Crippen molar-refractivity contribution in [1.29, 1.82) is 5.26 Å². The normalized spacial score (nSPS) is 12.5. The maximum Gasteiger partial charge on any atom is 0.126 e. The van der Waals surface area contributed by atoms with Crippen molar-refractivity contribution in [1.82, 2.24) is 5.32 Å². The van der Waals surface area contributed by atoms with Gasteiger partial charge in [-0.1, -0.05) is 12.1 Å². The van der Waals surface area contributed by atoms with Crippen LogP contribution in [-0.2, 0) is 0 Å². The van der Waals surface area contributed by atoms with Gasteiger partial charge in [-0.25, -0.2) is 4.39 Å². The maximum absolute atomic E-state index is 13.3. The molecule has 1 N–H and O–H groups in total. The maximum atomic E-state index is 13.3. The van der Waals surface area contributed by atoms with Crippen molar-refractivity contribution in [2.75, 3.05) is 0 Å². The number of rotatable bonds is 3. The minimum Gasteiger partial charge on any atom is -0.296 e. The molecule has 1 aromatic rings. The van der Waals surface area contributed by atoms with Crippen molar-refractivity contribution in [2.24, 2.45) is 0 Å². The van der Waals surface area contributed by atoms with Gasteiger partial charge in [0.1, 0.15) is 11.9 Å². The third-order valence-electron chi connectivity index (χ3n) is 2.16. The largest absolute Gasteiger partial charge is 0.296 e. The van der Waals surface area contributed by atoms with Crippen LogP contribution >= 0.6 is 0 Å². The molecule has 0 aromatic heterocycles. The summed E-state index contributed by atoms with van der Waals surface area (Å²) in [4.78, 5) is 0. The molecule has 0 amide bonds. The molecule has 0 bridgehead atoms. The molecule has 15 heavy (non-hydrogen) atoms. The van der Waals surface area contributed by atoms with Gasteiger partial charge in [0.2, 0.25) is 0 Å². The van der Waals surface area contributed by atoms with E-state index in [0.717, 1.165) is 0 Å². The van der Waals surface area contributed by atoms with Gasteiger partial charge in [-0.2, -0.15) is 5.26 Å². The zero-order valence-corrected chi connectivity index (χ0v) is 9.21. The minimum atomic E-state index is -0.444. The molecule has 3 heteroatoms. The van der Waals surface area contributed by atoms with Crippen LogP contribution in [0, 0.1) is 24.1 Å². The van der Waals surface area contributed by atoms with Crippen molar-refractivity contribution in [3.63, 3.8) is 0 Å². The van der Waals surface area contributed by atoms with Gasteiger partial charge in [0, 0.05) is 6.04 Å². The molecule has 1 aromatic carbocycles. The minimum absolute atomic E-state index is 0.194. The van der Waals surface area contributed by atoms with E-state index in [-0.39, 0.29) is 11.9 Å². The van der Waals surface area contributed by atoms with Crippen LogP contribution in [0.15, 0.2) is 18.2 Å². The van der Waals surface area contributed by atoms with E-state index >= 15 is 0 Å². The fraction of sp³-hybridized carbons (Fsp3) is 0.417. The highest BCUT2D eigenvalue weighted by atomic mass is 19.1. The Bertz CT molecular complexity index is 380. The Kier molecular flexibility index (Phi) is 3.81. The third kappa shape index (κ3) is 3.03. The molecule has 0 fully saturated rings. The van der Waals surface area contributed by atoms with E-state index in [9.17, 15) is 4.39 Å². The summed E-state index contributed by atoms with van der Waals surface area (Å²) in [7, 11) is 0. The first-order chi connectivity index (χ1) is 7.04. The SMILES string of the molecule is Cc1ccc(C(C#N)NC(C)C)cc1F. The van der Waals surface area contributed by atoms with Crippen LogP contribution in [0.5, 0.6) is 0 Å². The molecular formula is C12H15FN2. The quantitative estimate of drug-likeness (QED) is 0.825. The van der Waals surface area contributed by atoms with Gasteiger partial charge < -0.3 is 0 Å². The lowest BCUT2D eigenvalue weighted by molar-refractivity contribution is 0.541. The average Bonchev–Trinajstić information content (AvgIpc) is 2.18. The molecule has 0 saturated heterocycles. The Labute approximate surface area is 89.7 Å². The van der Waals surface area contributed by atoms with E-state index < -0.39 is 6.04 Å². The number of aryl methyl sites for hydroxylation is 1. The van der Waals surface area contributed by atoms with Crippen LogP contribution in [0.25, 0.3) is 0 Å². The summed E-state index contributed by atoms with van der Waals surface area (Å²) in [6, 6.07) is 6.75. The Balaban J connectivity index is 2.94. The van der Waals surface area contributed by atoms with E-state index in [2.05, 4.69) is 11.4 Å². The summed E-state index contributed by atoms with van der Waals surface area (Å²) in [6.07, 6.45) is 0. The summed E-state index contributed by atoms with van der Waals surface area (Å²) in [5.41, 5.74) is 1.27.